The van der Waals surface area contributed by atoms with E-state index in [9.17, 15) is 0 Å². The summed E-state index contributed by atoms with van der Waals surface area (Å²) in [6, 6.07) is 0. The van der Waals surface area contributed by atoms with Gasteiger partial charge < -0.3 is 4.74 Å². The van der Waals surface area contributed by atoms with E-state index in [0.717, 1.165) is 18.4 Å². The molecule has 15 heavy (non-hydrogen) atoms. The Morgan fingerprint density at radius 2 is 1.60 bits per heavy atom. The molecule has 0 rings (SSSR count). The van der Waals surface area contributed by atoms with E-state index in [-0.39, 0.29) is 0 Å². The molecule has 0 aliphatic rings. The normalized spacial score (nSPS) is 13.4. The molecule has 1 nitrogen and oxygen atoms in total. The zero-order valence-electron chi connectivity index (χ0n) is 11.2. The van der Waals surface area contributed by atoms with Crippen LogP contribution in [0.2, 0.25) is 0 Å². The lowest BCUT2D eigenvalue weighted by molar-refractivity contribution is 0.191. The van der Waals surface area contributed by atoms with E-state index in [1.54, 1.807) is 7.11 Å². The Balaban J connectivity index is 3.37. The van der Waals surface area contributed by atoms with Crippen LogP contribution in [-0.4, -0.2) is 13.7 Å². The van der Waals surface area contributed by atoms with Crippen LogP contribution in [0.4, 0.5) is 0 Å². The molecule has 0 heterocycles. The Morgan fingerprint density at radius 1 is 0.933 bits per heavy atom. The highest BCUT2D eigenvalue weighted by Gasteiger charge is 2.11. The van der Waals surface area contributed by atoms with Gasteiger partial charge in [-0.1, -0.05) is 59.3 Å². The third kappa shape index (κ3) is 8.92. The Labute approximate surface area is 96.6 Å². The van der Waals surface area contributed by atoms with Gasteiger partial charge >= 0.3 is 0 Å². The van der Waals surface area contributed by atoms with Crippen LogP contribution < -0.4 is 0 Å². The molecule has 0 aliphatic carbocycles. The van der Waals surface area contributed by atoms with E-state index in [1.807, 2.05) is 0 Å². The lowest BCUT2D eigenvalue weighted by Gasteiger charge is -2.19. The van der Waals surface area contributed by atoms with Gasteiger partial charge in [-0.25, -0.2) is 0 Å². The number of hydrogen-bond acceptors (Lipinski definition) is 1. The van der Waals surface area contributed by atoms with Crippen molar-refractivity contribution in [1.29, 1.82) is 0 Å². The van der Waals surface area contributed by atoms with Gasteiger partial charge in [0.15, 0.2) is 0 Å². The van der Waals surface area contributed by atoms with E-state index in [1.165, 1.54) is 44.9 Å². The third-order valence-electron chi connectivity index (χ3n) is 3.28. The molecule has 0 fully saturated rings. The summed E-state index contributed by atoms with van der Waals surface area (Å²) in [4.78, 5) is 0. The second-order valence-corrected chi connectivity index (χ2v) is 4.99. The fourth-order valence-corrected chi connectivity index (χ4v) is 2.19. The molecule has 0 spiro atoms. The summed E-state index contributed by atoms with van der Waals surface area (Å²) in [5, 5.41) is 0. The largest absolute Gasteiger partial charge is 0.385 e. The lowest BCUT2D eigenvalue weighted by Crippen LogP contribution is -2.08. The summed E-state index contributed by atoms with van der Waals surface area (Å²) in [7, 11) is 1.79. The second-order valence-electron chi connectivity index (χ2n) is 4.99. The maximum atomic E-state index is 5.05. The first-order valence-electron chi connectivity index (χ1n) is 6.71. The monoisotopic (exact) mass is 214 g/mol. The molecule has 0 radical (unpaired) electrons. The predicted molar refractivity (Wildman–Crippen MR) is 68.2 cm³/mol. The van der Waals surface area contributed by atoms with Crippen LogP contribution in [0, 0.1) is 11.8 Å². The highest BCUT2D eigenvalue weighted by molar-refractivity contribution is 4.62. The van der Waals surface area contributed by atoms with Crippen molar-refractivity contribution in [2.45, 2.75) is 65.7 Å². The number of methoxy groups -OCH3 is 1. The van der Waals surface area contributed by atoms with Crippen LogP contribution in [0.3, 0.4) is 0 Å². The van der Waals surface area contributed by atoms with Crippen molar-refractivity contribution in [2.24, 2.45) is 11.8 Å². The average molecular weight is 214 g/mol. The molecule has 1 atom stereocenters. The zero-order valence-corrected chi connectivity index (χ0v) is 11.2. The van der Waals surface area contributed by atoms with Gasteiger partial charge in [-0.3, -0.25) is 0 Å². The first-order valence-corrected chi connectivity index (χ1v) is 6.71. The molecule has 1 heteroatoms. The van der Waals surface area contributed by atoms with Crippen LogP contribution in [-0.2, 0) is 4.74 Å². The lowest BCUT2D eigenvalue weighted by atomic mass is 9.87. The highest BCUT2D eigenvalue weighted by atomic mass is 16.5. The molecule has 1 unspecified atom stereocenters. The minimum Gasteiger partial charge on any atom is -0.385 e. The number of hydrogen-bond donors (Lipinski definition) is 0. The molecular weight excluding hydrogens is 184 g/mol. The summed E-state index contributed by atoms with van der Waals surface area (Å²) >= 11 is 0. The van der Waals surface area contributed by atoms with Crippen molar-refractivity contribution >= 4 is 0 Å². The smallest absolute Gasteiger partial charge is 0.0462 e. The van der Waals surface area contributed by atoms with Gasteiger partial charge in [0.05, 0.1) is 0 Å². The average Bonchev–Trinajstić information content (AvgIpc) is 2.21. The first kappa shape index (κ1) is 15.0. The molecule has 0 aromatic rings. The summed E-state index contributed by atoms with van der Waals surface area (Å²) in [5.74, 6) is 1.82. The third-order valence-corrected chi connectivity index (χ3v) is 3.28. The Hall–Kier alpha value is -0.0400. The van der Waals surface area contributed by atoms with Crippen LogP contribution in [0.5, 0.6) is 0 Å². The first-order chi connectivity index (χ1) is 7.22. The van der Waals surface area contributed by atoms with Crippen LogP contribution in [0.15, 0.2) is 0 Å². The van der Waals surface area contributed by atoms with E-state index < -0.39 is 0 Å². The highest BCUT2D eigenvalue weighted by Crippen LogP contribution is 2.23. The van der Waals surface area contributed by atoms with E-state index in [4.69, 9.17) is 4.74 Å². The van der Waals surface area contributed by atoms with Crippen molar-refractivity contribution in [1.82, 2.24) is 0 Å². The molecule has 0 N–H and O–H groups in total. The van der Waals surface area contributed by atoms with Gasteiger partial charge in [-0.15, -0.1) is 0 Å². The molecule has 0 aromatic carbocycles. The summed E-state index contributed by atoms with van der Waals surface area (Å²) in [5.41, 5.74) is 0. The van der Waals surface area contributed by atoms with Gasteiger partial charge in [0.25, 0.3) is 0 Å². The van der Waals surface area contributed by atoms with Gasteiger partial charge in [0.2, 0.25) is 0 Å². The molecule has 0 amide bonds. The van der Waals surface area contributed by atoms with Crippen molar-refractivity contribution in [3.05, 3.63) is 0 Å². The van der Waals surface area contributed by atoms with E-state index in [2.05, 4.69) is 20.8 Å². The van der Waals surface area contributed by atoms with Crippen molar-refractivity contribution in [2.75, 3.05) is 13.7 Å². The van der Waals surface area contributed by atoms with Gasteiger partial charge in [-0.05, 0) is 18.3 Å². The Kier molecular flexibility index (Phi) is 10.4. The number of rotatable bonds is 10. The predicted octanol–water partition coefficient (Wildman–Crippen LogP) is 4.66. The van der Waals surface area contributed by atoms with Gasteiger partial charge in [-0.2, -0.15) is 0 Å². The van der Waals surface area contributed by atoms with Gasteiger partial charge in [0.1, 0.15) is 0 Å². The molecule has 92 valence electrons. The maximum Gasteiger partial charge on any atom is 0.0462 e. The molecule has 0 saturated heterocycles. The van der Waals surface area contributed by atoms with Crippen LogP contribution in [0.1, 0.15) is 65.7 Å². The number of unbranched alkanes of at least 4 members (excludes halogenated alkanes) is 3. The zero-order chi connectivity index (χ0) is 11.5. The topological polar surface area (TPSA) is 9.23 Å². The van der Waals surface area contributed by atoms with Crippen LogP contribution in [0.25, 0.3) is 0 Å². The fraction of sp³-hybridized carbons (Fsp3) is 1.00. The van der Waals surface area contributed by atoms with E-state index >= 15 is 0 Å². The molecule has 0 aliphatic heterocycles. The van der Waals surface area contributed by atoms with E-state index in [0.29, 0.717) is 0 Å². The molecular formula is C14H30O. The Morgan fingerprint density at radius 3 is 2.13 bits per heavy atom. The SMILES string of the molecule is CCCC(CCCCCCOC)C(C)C. The van der Waals surface area contributed by atoms with Crippen molar-refractivity contribution in [3.8, 4) is 0 Å². The number of ether oxygens (including phenoxy) is 1. The maximum absolute atomic E-state index is 5.05. The minimum atomic E-state index is 0.865. The minimum absolute atomic E-state index is 0.865. The molecule has 0 saturated carbocycles. The van der Waals surface area contributed by atoms with Crippen LogP contribution >= 0.6 is 0 Å². The van der Waals surface area contributed by atoms with Crippen molar-refractivity contribution in [3.63, 3.8) is 0 Å². The molecule has 0 bridgehead atoms. The summed E-state index contributed by atoms with van der Waals surface area (Å²) < 4.78 is 5.05. The molecule has 0 aromatic heterocycles. The van der Waals surface area contributed by atoms with Crippen molar-refractivity contribution < 1.29 is 4.74 Å². The fourth-order valence-electron chi connectivity index (χ4n) is 2.19. The summed E-state index contributed by atoms with van der Waals surface area (Å²) in [6.45, 7) is 7.97. The Bertz CT molecular complexity index is 121. The summed E-state index contributed by atoms with van der Waals surface area (Å²) in [6.07, 6.45) is 9.55. The second kappa shape index (κ2) is 10.5. The van der Waals surface area contributed by atoms with Gasteiger partial charge in [0, 0.05) is 13.7 Å². The quantitative estimate of drug-likeness (QED) is 0.481. The standard InChI is InChI=1S/C14H30O/c1-5-10-14(13(2)3)11-8-6-7-9-12-15-4/h13-14H,5-12H2,1-4H3.